The molecule has 0 aliphatic carbocycles. The Morgan fingerprint density at radius 1 is 0.853 bits per heavy atom. The molecule has 0 aromatic heterocycles. The number of carbonyl (C=O) groups excluding carboxylic acids is 1. The highest BCUT2D eigenvalue weighted by Gasteiger charge is 2.27. The van der Waals surface area contributed by atoms with Crippen molar-refractivity contribution >= 4 is 37.6 Å². The summed E-state index contributed by atoms with van der Waals surface area (Å²) < 4.78 is 63.4. The minimum Gasteiger partial charge on any atom is -0.351 e. The van der Waals surface area contributed by atoms with Crippen LogP contribution in [0.15, 0.2) is 82.6 Å². The van der Waals surface area contributed by atoms with Crippen LogP contribution in [0, 0.1) is 5.82 Å². The minimum absolute atomic E-state index is 0.0368. The zero-order chi connectivity index (χ0) is 24.9. The molecule has 0 unspecified atom stereocenters. The number of amides is 1. The van der Waals surface area contributed by atoms with Gasteiger partial charge < -0.3 is 5.32 Å². The van der Waals surface area contributed by atoms with E-state index in [4.69, 9.17) is 16.7 Å². The van der Waals surface area contributed by atoms with Gasteiger partial charge in [-0.05, 0) is 59.7 Å². The van der Waals surface area contributed by atoms with Crippen molar-refractivity contribution in [3.8, 4) is 0 Å². The molecular formula is C22H21ClFN3O5S2. The molecule has 0 atom stereocenters. The van der Waals surface area contributed by atoms with E-state index in [2.05, 4.69) is 5.32 Å². The number of hydrogen-bond acceptors (Lipinski definition) is 5. The Kier molecular flexibility index (Phi) is 8.05. The van der Waals surface area contributed by atoms with Crippen LogP contribution in [0.2, 0.25) is 5.02 Å². The van der Waals surface area contributed by atoms with E-state index in [0.29, 0.717) is 16.1 Å². The van der Waals surface area contributed by atoms with Gasteiger partial charge in [-0.15, -0.1) is 0 Å². The highest BCUT2D eigenvalue weighted by molar-refractivity contribution is 7.89. The zero-order valence-electron chi connectivity index (χ0n) is 17.7. The van der Waals surface area contributed by atoms with Crippen LogP contribution in [0.3, 0.4) is 0 Å². The highest BCUT2D eigenvalue weighted by atomic mass is 35.5. The number of nitrogens with two attached hydrogens (primary N) is 1. The molecule has 3 rings (SSSR count). The van der Waals surface area contributed by atoms with Crippen molar-refractivity contribution in [1.82, 2.24) is 9.62 Å². The molecule has 8 nitrogen and oxygen atoms in total. The zero-order valence-corrected chi connectivity index (χ0v) is 20.1. The average Bonchev–Trinajstić information content (AvgIpc) is 2.78. The maximum absolute atomic E-state index is 13.3. The molecule has 3 aromatic rings. The average molecular weight is 526 g/mol. The summed E-state index contributed by atoms with van der Waals surface area (Å²) in [5.74, 6) is -1.06. The Labute approximate surface area is 202 Å². The second kappa shape index (κ2) is 10.6. The molecule has 0 saturated heterocycles. The van der Waals surface area contributed by atoms with Crippen molar-refractivity contribution in [1.29, 1.82) is 0 Å². The van der Waals surface area contributed by atoms with E-state index in [1.54, 1.807) is 0 Å². The number of carbonyl (C=O) groups is 1. The SMILES string of the molecule is NS(=O)(=O)c1ccc(CNC(=O)CN(Cc2ccc(F)cc2)S(=O)(=O)c2ccc(Cl)cc2)cc1. The van der Waals surface area contributed by atoms with E-state index >= 15 is 0 Å². The van der Waals surface area contributed by atoms with Crippen LogP contribution < -0.4 is 10.5 Å². The molecule has 0 aliphatic heterocycles. The van der Waals surface area contributed by atoms with E-state index in [9.17, 15) is 26.0 Å². The lowest BCUT2D eigenvalue weighted by atomic mass is 10.2. The topological polar surface area (TPSA) is 127 Å². The summed E-state index contributed by atoms with van der Waals surface area (Å²) in [6.07, 6.45) is 0. The van der Waals surface area contributed by atoms with Crippen molar-refractivity contribution < 1.29 is 26.0 Å². The lowest BCUT2D eigenvalue weighted by Gasteiger charge is -2.22. The van der Waals surface area contributed by atoms with Crippen molar-refractivity contribution in [3.63, 3.8) is 0 Å². The van der Waals surface area contributed by atoms with Gasteiger partial charge in [0.05, 0.1) is 16.3 Å². The summed E-state index contributed by atoms with van der Waals surface area (Å²) in [5.41, 5.74) is 1.08. The lowest BCUT2D eigenvalue weighted by Crippen LogP contribution is -2.40. The van der Waals surface area contributed by atoms with Crippen molar-refractivity contribution in [2.75, 3.05) is 6.54 Å². The molecule has 34 heavy (non-hydrogen) atoms. The third kappa shape index (κ3) is 6.84. The molecule has 1 amide bonds. The maximum Gasteiger partial charge on any atom is 0.243 e. The third-order valence-electron chi connectivity index (χ3n) is 4.79. The van der Waals surface area contributed by atoms with E-state index in [1.165, 1.54) is 72.8 Å². The Morgan fingerprint density at radius 2 is 1.38 bits per heavy atom. The molecule has 0 fully saturated rings. The second-order valence-corrected chi connectivity index (χ2v) is 11.3. The number of rotatable bonds is 9. The summed E-state index contributed by atoms with van der Waals surface area (Å²) >= 11 is 5.86. The minimum atomic E-state index is -4.09. The first-order valence-corrected chi connectivity index (χ1v) is 13.2. The second-order valence-electron chi connectivity index (χ2n) is 7.32. The number of primary sulfonamides is 1. The standard InChI is InChI=1S/C22H21ClFN3O5S2/c23-18-5-11-21(12-6-18)34(31,32)27(14-17-1-7-19(24)8-2-17)15-22(28)26-13-16-3-9-20(10-4-16)33(25,29)30/h1-12H,13-15H2,(H,26,28)(H2,25,29,30). The molecule has 0 saturated carbocycles. The fourth-order valence-electron chi connectivity index (χ4n) is 2.99. The van der Waals surface area contributed by atoms with Crippen LogP contribution >= 0.6 is 11.6 Å². The normalized spacial score (nSPS) is 12.0. The molecule has 180 valence electrons. The van der Waals surface area contributed by atoms with E-state index in [-0.39, 0.29) is 22.9 Å². The predicted octanol–water partition coefficient (Wildman–Crippen LogP) is 2.63. The third-order valence-corrected chi connectivity index (χ3v) is 7.77. The molecule has 12 heteroatoms. The first-order valence-electron chi connectivity index (χ1n) is 9.84. The molecule has 0 bridgehead atoms. The van der Waals surface area contributed by atoms with Crippen LogP contribution in [0.1, 0.15) is 11.1 Å². The first kappa shape index (κ1) is 25.8. The molecule has 0 heterocycles. The van der Waals surface area contributed by atoms with Gasteiger partial charge in [-0.3, -0.25) is 4.79 Å². The Hall–Kier alpha value is -2.83. The van der Waals surface area contributed by atoms with Gasteiger partial charge in [-0.1, -0.05) is 35.9 Å². The van der Waals surface area contributed by atoms with Gasteiger partial charge in [0.2, 0.25) is 26.0 Å². The molecule has 3 N–H and O–H groups in total. The Bertz CT molecular complexity index is 1360. The molecule has 0 spiro atoms. The van der Waals surface area contributed by atoms with Crippen LogP contribution in [0.25, 0.3) is 0 Å². The number of halogens is 2. The number of nitrogens with zero attached hydrogens (tertiary/aromatic N) is 1. The van der Waals surface area contributed by atoms with Gasteiger partial charge in [0.1, 0.15) is 5.82 Å². The van der Waals surface area contributed by atoms with Gasteiger partial charge in [-0.25, -0.2) is 26.4 Å². The summed E-state index contributed by atoms with van der Waals surface area (Å²) in [7, 11) is -7.92. The summed E-state index contributed by atoms with van der Waals surface area (Å²) in [6.45, 7) is -0.631. The van der Waals surface area contributed by atoms with E-state index in [1.807, 2.05) is 0 Å². The quantitative estimate of drug-likeness (QED) is 0.444. The Balaban J connectivity index is 1.76. The van der Waals surface area contributed by atoms with Crippen molar-refractivity contribution in [2.24, 2.45) is 5.14 Å². The highest BCUT2D eigenvalue weighted by Crippen LogP contribution is 2.21. The fourth-order valence-corrected chi connectivity index (χ4v) is 5.01. The van der Waals surface area contributed by atoms with Gasteiger partial charge in [-0.2, -0.15) is 4.31 Å². The van der Waals surface area contributed by atoms with Crippen molar-refractivity contribution in [3.05, 3.63) is 94.8 Å². The number of nitrogens with one attached hydrogen (secondary N) is 1. The van der Waals surface area contributed by atoms with Crippen LogP contribution in [0.5, 0.6) is 0 Å². The molecular weight excluding hydrogens is 505 g/mol. The molecule has 3 aromatic carbocycles. The van der Waals surface area contributed by atoms with E-state index in [0.717, 1.165) is 4.31 Å². The van der Waals surface area contributed by atoms with Crippen LogP contribution in [-0.4, -0.2) is 33.6 Å². The largest absolute Gasteiger partial charge is 0.351 e. The first-order chi connectivity index (χ1) is 15.9. The predicted molar refractivity (Wildman–Crippen MR) is 125 cm³/mol. The number of hydrogen-bond donors (Lipinski definition) is 2. The van der Waals surface area contributed by atoms with Gasteiger partial charge in [0, 0.05) is 18.1 Å². The summed E-state index contributed by atoms with van der Waals surface area (Å²) in [5, 5.41) is 8.03. The number of sulfonamides is 2. The number of benzene rings is 3. The molecule has 0 aliphatic rings. The fraction of sp³-hybridized carbons (Fsp3) is 0.136. The summed E-state index contributed by atoms with van der Waals surface area (Å²) in [4.78, 5) is 12.5. The van der Waals surface area contributed by atoms with Gasteiger partial charge >= 0.3 is 0 Å². The van der Waals surface area contributed by atoms with E-state index < -0.39 is 38.3 Å². The van der Waals surface area contributed by atoms with Gasteiger partial charge in [0.15, 0.2) is 0 Å². The molecule has 0 radical (unpaired) electrons. The lowest BCUT2D eigenvalue weighted by molar-refractivity contribution is -0.121. The van der Waals surface area contributed by atoms with Crippen molar-refractivity contribution in [2.45, 2.75) is 22.9 Å². The maximum atomic E-state index is 13.3. The Morgan fingerprint density at radius 3 is 1.94 bits per heavy atom. The van der Waals surface area contributed by atoms with Crippen LogP contribution in [-0.2, 0) is 37.9 Å². The smallest absolute Gasteiger partial charge is 0.243 e. The summed E-state index contributed by atoms with van der Waals surface area (Å²) in [6, 6.07) is 16.4. The van der Waals surface area contributed by atoms with Gasteiger partial charge in [0.25, 0.3) is 0 Å². The van der Waals surface area contributed by atoms with Crippen LogP contribution in [0.4, 0.5) is 4.39 Å². The monoisotopic (exact) mass is 525 g/mol.